The maximum Gasteiger partial charge on any atom is 0.353 e. The number of ether oxygens (including phenoxy) is 1. The van der Waals surface area contributed by atoms with E-state index in [-0.39, 0.29) is 11.6 Å². The van der Waals surface area contributed by atoms with E-state index in [1.807, 2.05) is 32.2 Å². The molecule has 0 saturated carbocycles. The summed E-state index contributed by atoms with van der Waals surface area (Å²) >= 11 is 0. The van der Waals surface area contributed by atoms with Crippen molar-refractivity contribution < 1.29 is 9.66 Å². The standard InChI is InChI=1S/C14H18N4O3/c1-4-17-14(13(18(19)20)10(2)16-17)21-12-8-6-5-7-11(12)9-15-3/h5-8,15H,4,9H2,1-3H3. The van der Waals surface area contributed by atoms with Crippen LogP contribution in [0.3, 0.4) is 0 Å². The van der Waals surface area contributed by atoms with Gasteiger partial charge in [0.1, 0.15) is 11.4 Å². The maximum atomic E-state index is 11.2. The summed E-state index contributed by atoms with van der Waals surface area (Å²) in [5, 5.41) is 18.4. The van der Waals surface area contributed by atoms with Crippen molar-refractivity contribution in [3.8, 4) is 11.6 Å². The molecule has 0 saturated heterocycles. The minimum atomic E-state index is -0.454. The zero-order valence-corrected chi connectivity index (χ0v) is 12.3. The number of hydrogen-bond donors (Lipinski definition) is 1. The minimum Gasteiger partial charge on any atom is -0.434 e. The molecule has 0 aliphatic carbocycles. The predicted molar refractivity (Wildman–Crippen MR) is 78.6 cm³/mol. The van der Waals surface area contributed by atoms with Crippen LogP contribution in [0.25, 0.3) is 0 Å². The number of nitrogens with zero attached hydrogens (tertiary/aromatic N) is 3. The Hall–Kier alpha value is -2.41. The average Bonchev–Trinajstić information content (AvgIpc) is 2.77. The van der Waals surface area contributed by atoms with Crippen molar-refractivity contribution in [1.82, 2.24) is 15.1 Å². The number of hydrogen-bond acceptors (Lipinski definition) is 5. The highest BCUT2D eigenvalue weighted by Crippen LogP contribution is 2.35. The molecule has 2 rings (SSSR count). The van der Waals surface area contributed by atoms with Crippen LogP contribution >= 0.6 is 0 Å². The van der Waals surface area contributed by atoms with Gasteiger partial charge >= 0.3 is 5.69 Å². The van der Waals surface area contributed by atoms with Crippen molar-refractivity contribution in [3.05, 3.63) is 45.6 Å². The number of benzene rings is 1. The number of nitrogens with one attached hydrogen (secondary N) is 1. The summed E-state index contributed by atoms with van der Waals surface area (Å²) in [6.07, 6.45) is 0. The molecule has 0 aliphatic heterocycles. The third-order valence-corrected chi connectivity index (χ3v) is 3.08. The molecule has 0 spiro atoms. The lowest BCUT2D eigenvalue weighted by atomic mass is 10.2. The highest BCUT2D eigenvalue weighted by atomic mass is 16.6. The molecule has 0 fully saturated rings. The second-order valence-corrected chi connectivity index (χ2v) is 4.55. The quantitative estimate of drug-likeness (QED) is 0.653. The zero-order valence-electron chi connectivity index (χ0n) is 12.3. The van der Waals surface area contributed by atoms with Gasteiger partial charge in [-0.25, -0.2) is 4.68 Å². The van der Waals surface area contributed by atoms with E-state index in [2.05, 4.69) is 10.4 Å². The largest absolute Gasteiger partial charge is 0.434 e. The maximum absolute atomic E-state index is 11.2. The highest BCUT2D eigenvalue weighted by Gasteiger charge is 2.27. The highest BCUT2D eigenvalue weighted by molar-refractivity contribution is 5.49. The molecule has 0 radical (unpaired) electrons. The van der Waals surface area contributed by atoms with Gasteiger partial charge in [-0.1, -0.05) is 18.2 Å². The van der Waals surface area contributed by atoms with Crippen LogP contribution in [0.2, 0.25) is 0 Å². The monoisotopic (exact) mass is 290 g/mol. The number of aromatic nitrogens is 2. The molecule has 1 heterocycles. The van der Waals surface area contributed by atoms with Crippen LogP contribution < -0.4 is 10.1 Å². The Morgan fingerprint density at radius 3 is 2.76 bits per heavy atom. The van der Waals surface area contributed by atoms with Crippen molar-refractivity contribution in [2.24, 2.45) is 0 Å². The first-order valence-electron chi connectivity index (χ1n) is 6.70. The summed E-state index contributed by atoms with van der Waals surface area (Å²) in [4.78, 5) is 10.8. The topological polar surface area (TPSA) is 82.2 Å². The first-order valence-corrected chi connectivity index (χ1v) is 6.70. The lowest BCUT2D eigenvalue weighted by molar-refractivity contribution is -0.386. The van der Waals surface area contributed by atoms with Crippen LogP contribution in [0.15, 0.2) is 24.3 Å². The first-order chi connectivity index (χ1) is 10.1. The van der Waals surface area contributed by atoms with Gasteiger partial charge in [-0.15, -0.1) is 0 Å². The molecule has 0 bridgehead atoms. The van der Waals surface area contributed by atoms with Gasteiger partial charge in [-0.3, -0.25) is 10.1 Å². The Kier molecular flexibility index (Phi) is 4.54. The summed E-state index contributed by atoms with van der Waals surface area (Å²) in [5.74, 6) is 0.758. The molecule has 0 aliphatic rings. The van der Waals surface area contributed by atoms with Gasteiger partial charge in [0.25, 0.3) is 5.88 Å². The van der Waals surface area contributed by atoms with Gasteiger partial charge in [-0.2, -0.15) is 5.10 Å². The number of nitro groups is 1. The molecule has 112 valence electrons. The Bertz CT molecular complexity index is 652. The molecule has 2 aromatic rings. The molecule has 7 nitrogen and oxygen atoms in total. The van der Waals surface area contributed by atoms with Crippen LogP contribution in [0.1, 0.15) is 18.2 Å². The second kappa shape index (κ2) is 6.36. The Balaban J connectivity index is 2.46. The minimum absolute atomic E-state index is 0.0869. The fraction of sp³-hybridized carbons (Fsp3) is 0.357. The fourth-order valence-corrected chi connectivity index (χ4v) is 2.12. The Morgan fingerprint density at radius 1 is 1.43 bits per heavy atom. The van der Waals surface area contributed by atoms with Gasteiger partial charge in [-0.05, 0) is 27.0 Å². The molecule has 1 aromatic carbocycles. The van der Waals surface area contributed by atoms with E-state index >= 15 is 0 Å². The third-order valence-electron chi connectivity index (χ3n) is 3.08. The molecular formula is C14H18N4O3. The van der Waals surface area contributed by atoms with Crippen LogP contribution in [-0.4, -0.2) is 21.8 Å². The van der Waals surface area contributed by atoms with E-state index in [4.69, 9.17) is 4.74 Å². The molecule has 1 N–H and O–H groups in total. The van der Waals surface area contributed by atoms with E-state index < -0.39 is 4.92 Å². The van der Waals surface area contributed by atoms with Gasteiger partial charge in [0.2, 0.25) is 0 Å². The summed E-state index contributed by atoms with van der Waals surface area (Å²) in [6, 6.07) is 7.44. The van der Waals surface area contributed by atoms with Crippen LogP contribution in [-0.2, 0) is 13.1 Å². The third kappa shape index (κ3) is 3.03. The van der Waals surface area contributed by atoms with E-state index in [0.29, 0.717) is 24.5 Å². The summed E-state index contributed by atoms with van der Waals surface area (Å²) in [6.45, 7) is 4.58. The Labute approximate surface area is 122 Å². The molecule has 21 heavy (non-hydrogen) atoms. The zero-order chi connectivity index (χ0) is 15.4. The summed E-state index contributed by atoms with van der Waals surface area (Å²) < 4.78 is 7.32. The van der Waals surface area contributed by atoms with Crippen LogP contribution in [0.4, 0.5) is 5.69 Å². The van der Waals surface area contributed by atoms with Crippen molar-refractivity contribution >= 4 is 5.69 Å². The summed E-state index contributed by atoms with van der Waals surface area (Å²) in [7, 11) is 1.83. The predicted octanol–water partition coefficient (Wildman–Crippen LogP) is 2.63. The van der Waals surface area contributed by atoms with Gasteiger partial charge in [0.05, 0.1) is 4.92 Å². The molecular weight excluding hydrogens is 272 g/mol. The summed E-state index contributed by atoms with van der Waals surface area (Å²) in [5.41, 5.74) is 1.19. The fourth-order valence-electron chi connectivity index (χ4n) is 2.12. The normalized spacial score (nSPS) is 10.6. The number of rotatable bonds is 6. The molecule has 0 amide bonds. The lowest BCUT2D eigenvalue weighted by Crippen LogP contribution is -2.07. The van der Waals surface area contributed by atoms with E-state index in [9.17, 15) is 10.1 Å². The van der Waals surface area contributed by atoms with Gasteiger partial charge < -0.3 is 10.1 Å². The lowest BCUT2D eigenvalue weighted by Gasteiger charge is -2.11. The molecule has 0 atom stereocenters. The smallest absolute Gasteiger partial charge is 0.353 e. The van der Waals surface area contributed by atoms with Crippen LogP contribution in [0, 0.1) is 17.0 Å². The van der Waals surface area contributed by atoms with Crippen molar-refractivity contribution in [2.75, 3.05) is 7.05 Å². The number of para-hydroxylation sites is 1. The molecule has 0 unspecified atom stereocenters. The SMILES string of the molecule is CCn1nc(C)c([N+](=O)[O-])c1Oc1ccccc1CNC. The molecule has 1 aromatic heterocycles. The van der Waals surface area contributed by atoms with Gasteiger partial charge in [0, 0.05) is 18.7 Å². The second-order valence-electron chi connectivity index (χ2n) is 4.55. The van der Waals surface area contributed by atoms with E-state index in [0.717, 1.165) is 5.56 Å². The van der Waals surface area contributed by atoms with Crippen molar-refractivity contribution in [3.63, 3.8) is 0 Å². The van der Waals surface area contributed by atoms with Crippen molar-refractivity contribution in [2.45, 2.75) is 26.9 Å². The van der Waals surface area contributed by atoms with Crippen LogP contribution in [0.5, 0.6) is 11.6 Å². The van der Waals surface area contributed by atoms with Crippen molar-refractivity contribution in [1.29, 1.82) is 0 Å². The first kappa shape index (κ1) is 15.0. The Morgan fingerprint density at radius 2 is 2.14 bits per heavy atom. The van der Waals surface area contributed by atoms with E-state index in [1.54, 1.807) is 13.0 Å². The number of aryl methyl sites for hydroxylation is 2. The van der Waals surface area contributed by atoms with Gasteiger partial charge in [0.15, 0.2) is 0 Å². The average molecular weight is 290 g/mol. The van der Waals surface area contributed by atoms with E-state index in [1.165, 1.54) is 4.68 Å². The molecule has 7 heteroatoms.